The number of hydrogen-bond donors (Lipinski definition) is 1. The van der Waals surface area contributed by atoms with Crippen LogP contribution in [-0.4, -0.2) is 68.7 Å². The molecule has 2 fully saturated rings. The average Bonchev–Trinajstić information content (AvgIpc) is 3.38. The molecule has 1 aromatic rings. The zero-order valence-electron chi connectivity index (χ0n) is 16.2. The standard InChI is InChI=1S/C19H32N4O2.HI/c1-4-22(5-2)16(17-7-6-11-25-17)13-21-18(20-3)23-10-8-19(14-23)9-12-24-15-19;/h6-7,11,16H,4-5,8-10,12-15H2,1-3H3,(H,20,21);1H. The molecule has 2 aliphatic heterocycles. The molecule has 3 heterocycles. The van der Waals surface area contributed by atoms with Gasteiger partial charge < -0.3 is 19.4 Å². The zero-order valence-corrected chi connectivity index (χ0v) is 18.6. The van der Waals surface area contributed by atoms with Crippen LogP contribution in [0.2, 0.25) is 0 Å². The van der Waals surface area contributed by atoms with E-state index in [4.69, 9.17) is 9.15 Å². The van der Waals surface area contributed by atoms with Crippen molar-refractivity contribution in [1.82, 2.24) is 15.1 Å². The third-order valence-corrected chi connectivity index (χ3v) is 5.71. The minimum absolute atomic E-state index is 0. The number of nitrogens with one attached hydrogen (secondary N) is 1. The number of furan rings is 1. The lowest BCUT2D eigenvalue weighted by molar-refractivity contribution is 0.156. The molecule has 0 saturated carbocycles. The Morgan fingerprint density at radius 1 is 1.38 bits per heavy atom. The molecule has 0 aliphatic carbocycles. The highest BCUT2D eigenvalue weighted by molar-refractivity contribution is 14.0. The Hall–Kier alpha value is -0.800. The molecule has 1 aromatic heterocycles. The van der Waals surface area contributed by atoms with Crippen molar-refractivity contribution in [3.8, 4) is 0 Å². The number of nitrogens with zero attached hydrogens (tertiary/aromatic N) is 3. The van der Waals surface area contributed by atoms with Crippen LogP contribution >= 0.6 is 24.0 Å². The fraction of sp³-hybridized carbons (Fsp3) is 0.737. The van der Waals surface area contributed by atoms with E-state index < -0.39 is 0 Å². The van der Waals surface area contributed by atoms with Crippen molar-refractivity contribution in [3.05, 3.63) is 24.2 Å². The number of likely N-dealkylation sites (N-methyl/N-ethyl adjacent to an activating group) is 1. The van der Waals surface area contributed by atoms with Gasteiger partial charge in [0.05, 0.1) is 18.9 Å². The summed E-state index contributed by atoms with van der Waals surface area (Å²) in [5.41, 5.74) is 0.344. The first-order valence-corrected chi connectivity index (χ1v) is 9.52. The predicted octanol–water partition coefficient (Wildman–Crippen LogP) is 2.97. The summed E-state index contributed by atoms with van der Waals surface area (Å²) in [6.07, 6.45) is 4.13. The highest BCUT2D eigenvalue weighted by atomic mass is 127. The lowest BCUT2D eigenvalue weighted by Crippen LogP contribution is -2.45. The minimum Gasteiger partial charge on any atom is -0.468 e. The van der Waals surface area contributed by atoms with Gasteiger partial charge in [-0.25, -0.2) is 0 Å². The van der Waals surface area contributed by atoms with Crippen LogP contribution in [0.3, 0.4) is 0 Å². The largest absolute Gasteiger partial charge is 0.468 e. The molecule has 1 N–H and O–H groups in total. The van der Waals surface area contributed by atoms with Crippen LogP contribution in [0.5, 0.6) is 0 Å². The molecular weight excluding hydrogens is 443 g/mol. The maximum atomic E-state index is 5.70. The minimum atomic E-state index is 0. The SMILES string of the molecule is CCN(CC)C(CNC(=NC)N1CCC2(CCOC2)C1)c1ccco1.I. The first kappa shape index (κ1) is 21.5. The summed E-state index contributed by atoms with van der Waals surface area (Å²) in [6, 6.07) is 4.24. The van der Waals surface area contributed by atoms with Crippen molar-refractivity contribution in [2.24, 2.45) is 10.4 Å². The Balaban J connectivity index is 0.00000243. The van der Waals surface area contributed by atoms with Gasteiger partial charge in [-0.3, -0.25) is 9.89 Å². The van der Waals surface area contributed by atoms with Crippen molar-refractivity contribution < 1.29 is 9.15 Å². The van der Waals surface area contributed by atoms with Crippen molar-refractivity contribution in [1.29, 1.82) is 0 Å². The molecule has 148 valence electrons. The van der Waals surface area contributed by atoms with Crippen LogP contribution in [0.25, 0.3) is 0 Å². The molecule has 2 aliphatic rings. The van der Waals surface area contributed by atoms with Gasteiger partial charge in [0.2, 0.25) is 0 Å². The van der Waals surface area contributed by atoms with Crippen molar-refractivity contribution in [3.63, 3.8) is 0 Å². The van der Waals surface area contributed by atoms with Crippen LogP contribution in [0.4, 0.5) is 0 Å². The van der Waals surface area contributed by atoms with E-state index in [9.17, 15) is 0 Å². The molecule has 2 saturated heterocycles. The lowest BCUT2D eigenvalue weighted by Gasteiger charge is -2.30. The number of halogens is 1. The van der Waals surface area contributed by atoms with Crippen molar-refractivity contribution in [2.75, 3.05) is 53.0 Å². The van der Waals surface area contributed by atoms with E-state index in [1.54, 1.807) is 6.26 Å². The Morgan fingerprint density at radius 3 is 2.77 bits per heavy atom. The molecule has 0 bridgehead atoms. The van der Waals surface area contributed by atoms with E-state index in [0.717, 1.165) is 57.7 Å². The van der Waals surface area contributed by atoms with Crippen molar-refractivity contribution >= 4 is 29.9 Å². The molecular formula is C19H33IN4O2. The van der Waals surface area contributed by atoms with Gasteiger partial charge in [-0.1, -0.05) is 13.8 Å². The summed E-state index contributed by atoms with van der Waals surface area (Å²) in [7, 11) is 1.87. The fourth-order valence-electron chi connectivity index (χ4n) is 4.16. The van der Waals surface area contributed by atoms with Crippen molar-refractivity contribution in [2.45, 2.75) is 32.7 Å². The van der Waals surface area contributed by atoms with Gasteiger partial charge in [0.1, 0.15) is 5.76 Å². The fourth-order valence-corrected chi connectivity index (χ4v) is 4.16. The number of aliphatic imine (C=N–C) groups is 1. The molecule has 0 amide bonds. The first-order valence-electron chi connectivity index (χ1n) is 9.52. The monoisotopic (exact) mass is 476 g/mol. The topological polar surface area (TPSA) is 53.2 Å². The molecule has 0 aromatic carbocycles. The maximum Gasteiger partial charge on any atom is 0.193 e. The van der Waals surface area contributed by atoms with E-state index in [-0.39, 0.29) is 30.0 Å². The van der Waals surface area contributed by atoms with Gasteiger partial charge in [0, 0.05) is 38.7 Å². The number of ether oxygens (including phenoxy) is 1. The van der Waals surface area contributed by atoms with Crippen LogP contribution in [0.1, 0.15) is 38.5 Å². The molecule has 7 heteroatoms. The van der Waals surface area contributed by atoms with E-state index in [1.807, 2.05) is 13.1 Å². The Labute approximate surface area is 174 Å². The van der Waals surface area contributed by atoms with E-state index >= 15 is 0 Å². The molecule has 26 heavy (non-hydrogen) atoms. The second kappa shape index (κ2) is 9.94. The smallest absolute Gasteiger partial charge is 0.193 e. The molecule has 3 rings (SSSR count). The number of likely N-dealkylation sites (tertiary alicyclic amines) is 1. The Morgan fingerprint density at radius 2 is 2.19 bits per heavy atom. The van der Waals surface area contributed by atoms with Crippen LogP contribution < -0.4 is 5.32 Å². The Bertz CT molecular complexity index is 554. The summed E-state index contributed by atoms with van der Waals surface area (Å²) in [5.74, 6) is 2.00. The van der Waals surface area contributed by atoms with Gasteiger partial charge in [0.15, 0.2) is 5.96 Å². The van der Waals surface area contributed by atoms with Gasteiger partial charge in [-0.15, -0.1) is 24.0 Å². The first-order chi connectivity index (χ1) is 12.2. The molecule has 2 atom stereocenters. The van der Waals surface area contributed by atoms with Gasteiger partial charge in [-0.2, -0.15) is 0 Å². The summed E-state index contributed by atoms with van der Waals surface area (Å²) in [4.78, 5) is 9.33. The van der Waals surface area contributed by atoms with Gasteiger partial charge in [-0.05, 0) is 38.1 Å². The lowest BCUT2D eigenvalue weighted by atomic mass is 9.87. The number of hydrogen-bond acceptors (Lipinski definition) is 4. The van der Waals surface area contributed by atoms with E-state index in [2.05, 4.69) is 40.0 Å². The van der Waals surface area contributed by atoms with E-state index in [1.165, 1.54) is 12.8 Å². The quantitative estimate of drug-likeness (QED) is 0.389. The summed E-state index contributed by atoms with van der Waals surface area (Å²) in [6.45, 7) is 11.1. The average molecular weight is 476 g/mol. The normalized spacial score (nSPS) is 24.3. The summed E-state index contributed by atoms with van der Waals surface area (Å²) in [5, 5.41) is 3.59. The summed E-state index contributed by atoms with van der Waals surface area (Å²) >= 11 is 0. The zero-order chi connectivity index (χ0) is 17.7. The molecule has 1 spiro atoms. The summed E-state index contributed by atoms with van der Waals surface area (Å²) < 4.78 is 11.3. The molecule has 2 unspecified atom stereocenters. The van der Waals surface area contributed by atoms with Gasteiger partial charge >= 0.3 is 0 Å². The third-order valence-electron chi connectivity index (χ3n) is 5.71. The second-order valence-corrected chi connectivity index (χ2v) is 7.15. The second-order valence-electron chi connectivity index (χ2n) is 7.15. The van der Waals surface area contributed by atoms with Crippen LogP contribution in [0, 0.1) is 5.41 Å². The van der Waals surface area contributed by atoms with Crippen LogP contribution in [0.15, 0.2) is 27.8 Å². The highest BCUT2D eigenvalue weighted by Crippen LogP contribution is 2.38. The van der Waals surface area contributed by atoms with Gasteiger partial charge in [0.25, 0.3) is 0 Å². The number of guanidine groups is 1. The Kier molecular flexibility index (Phi) is 8.22. The molecule has 6 nitrogen and oxygen atoms in total. The molecule has 0 radical (unpaired) electrons. The number of rotatable bonds is 6. The third kappa shape index (κ3) is 4.72. The van der Waals surface area contributed by atoms with Crippen LogP contribution in [-0.2, 0) is 4.74 Å². The van der Waals surface area contributed by atoms with E-state index in [0.29, 0.717) is 5.41 Å². The highest BCUT2D eigenvalue weighted by Gasteiger charge is 2.42. The maximum absolute atomic E-state index is 5.70. The predicted molar refractivity (Wildman–Crippen MR) is 115 cm³/mol.